The van der Waals surface area contributed by atoms with E-state index in [1.807, 2.05) is 29.2 Å². The Bertz CT molecular complexity index is 982. The zero-order valence-electron chi connectivity index (χ0n) is 15.9. The van der Waals surface area contributed by atoms with Crippen LogP contribution in [0.3, 0.4) is 0 Å². The van der Waals surface area contributed by atoms with Crippen LogP contribution in [0.4, 0.5) is 10.1 Å². The third-order valence-corrected chi connectivity index (χ3v) is 5.28. The zero-order valence-corrected chi connectivity index (χ0v) is 16.6. The summed E-state index contributed by atoms with van der Waals surface area (Å²) in [5.41, 5.74) is 1.84. The molecule has 0 atom stereocenters. The second-order valence-corrected chi connectivity index (χ2v) is 7.41. The number of benzene rings is 2. The number of aryl methyl sites for hydroxylation is 1. The smallest absolute Gasteiger partial charge is 0.223 e. The molecular formula is C22H21ClFN3O2. The van der Waals surface area contributed by atoms with Gasteiger partial charge in [-0.1, -0.05) is 17.7 Å². The minimum Gasteiger partial charge on any atom is -0.441 e. The summed E-state index contributed by atoms with van der Waals surface area (Å²) in [5, 5.41) is 0.715. The Morgan fingerprint density at radius 2 is 1.86 bits per heavy atom. The first-order chi connectivity index (χ1) is 14.1. The number of hydrogen-bond donors (Lipinski definition) is 0. The lowest BCUT2D eigenvalue weighted by molar-refractivity contribution is -0.131. The lowest BCUT2D eigenvalue weighted by atomic mass is 10.2. The number of piperazine rings is 1. The number of hydrogen-bond acceptors (Lipinski definition) is 4. The van der Waals surface area contributed by atoms with Gasteiger partial charge in [0, 0.05) is 55.3 Å². The molecule has 0 bridgehead atoms. The fraction of sp³-hybridized carbons (Fsp3) is 0.273. The lowest BCUT2D eigenvalue weighted by Gasteiger charge is -2.36. The quantitative estimate of drug-likeness (QED) is 0.621. The average Bonchev–Trinajstić information content (AvgIpc) is 3.22. The number of carbonyl (C=O) groups excluding carboxylic acids is 1. The minimum absolute atomic E-state index is 0.0947. The van der Waals surface area contributed by atoms with Crippen molar-refractivity contribution in [3.05, 3.63) is 71.5 Å². The Labute approximate surface area is 173 Å². The Kier molecular flexibility index (Phi) is 5.81. The molecule has 29 heavy (non-hydrogen) atoms. The van der Waals surface area contributed by atoms with E-state index < -0.39 is 0 Å². The van der Waals surface area contributed by atoms with E-state index in [4.69, 9.17) is 16.0 Å². The van der Waals surface area contributed by atoms with Crippen molar-refractivity contribution < 1.29 is 13.6 Å². The van der Waals surface area contributed by atoms with Crippen LogP contribution in [0.2, 0.25) is 5.02 Å². The van der Waals surface area contributed by atoms with Crippen LogP contribution in [-0.2, 0) is 11.2 Å². The molecule has 5 nitrogen and oxygen atoms in total. The Hall–Kier alpha value is -2.86. The van der Waals surface area contributed by atoms with Gasteiger partial charge in [0.2, 0.25) is 5.91 Å². The molecular weight excluding hydrogens is 393 g/mol. The van der Waals surface area contributed by atoms with Crippen molar-refractivity contribution in [3.8, 4) is 11.3 Å². The molecule has 2 heterocycles. The highest BCUT2D eigenvalue weighted by molar-refractivity contribution is 6.30. The second-order valence-electron chi connectivity index (χ2n) is 6.97. The van der Waals surface area contributed by atoms with Crippen molar-refractivity contribution in [1.29, 1.82) is 0 Å². The molecule has 2 aromatic carbocycles. The highest BCUT2D eigenvalue weighted by Crippen LogP contribution is 2.22. The Morgan fingerprint density at radius 1 is 1.10 bits per heavy atom. The largest absolute Gasteiger partial charge is 0.441 e. The molecule has 4 rings (SSSR count). The van der Waals surface area contributed by atoms with E-state index in [0.717, 1.165) is 24.3 Å². The third-order valence-electron chi connectivity index (χ3n) is 5.04. The maximum Gasteiger partial charge on any atom is 0.223 e. The minimum atomic E-state index is -0.297. The highest BCUT2D eigenvalue weighted by atomic mass is 35.5. The summed E-state index contributed by atoms with van der Waals surface area (Å²) in [5.74, 6) is 0.879. The molecule has 7 heteroatoms. The maximum absolute atomic E-state index is 13.0. The summed E-state index contributed by atoms with van der Waals surface area (Å²) in [6.45, 7) is 2.91. The zero-order chi connectivity index (χ0) is 20.2. The van der Waals surface area contributed by atoms with E-state index in [2.05, 4.69) is 9.88 Å². The lowest BCUT2D eigenvalue weighted by Crippen LogP contribution is -2.48. The molecule has 1 aromatic heterocycles. The molecule has 0 radical (unpaired) electrons. The SMILES string of the molecule is O=C(CCc1ncc(-c2ccc(F)cc2)o1)N1CCN(c2cccc(Cl)c2)CC1. The molecule has 1 fully saturated rings. The van der Waals surface area contributed by atoms with Crippen LogP contribution >= 0.6 is 11.6 Å². The molecule has 1 aliphatic heterocycles. The monoisotopic (exact) mass is 413 g/mol. The molecule has 1 aliphatic rings. The Balaban J connectivity index is 1.28. The predicted molar refractivity (Wildman–Crippen MR) is 110 cm³/mol. The average molecular weight is 414 g/mol. The maximum atomic E-state index is 13.0. The van der Waals surface area contributed by atoms with Gasteiger partial charge in [0.25, 0.3) is 0 Å². The van der Waals surface area contributed by atoms with E-state index in [1.54, 1.807) is 18.3 Å². The van der Waals surface area contributed by atoms with E-state index in [-0.39, 0.29) is 11.7 Å². The number of halogens is 2. The summed E-state index contributed by atoms with van der Waals surface area (Å²) < 4.78 is 18.7. The standard InChI is InChI=1S/C22H21ClFN3O2/c23-17-2-1-3-19(14-17)26-10-12-27(13-11-26)22(28)9-8-21-25-15-20(29-21)16-4-6-18(24)7-5-16/h1-7,14-15H,8-13H2. The van der Waals surface area contributed by atoms with Crippen LogP contribution in [0.25, 0.3) is 11.3 Å². The number of amides is 1. The van der Waals surface area contributed by atoms with Gasteiger partial charge >= 0.3 is 0 Å². The normalized spacial score (nSPS) is 14.3. The number of anilines is 1. The number of nitrogens with zero attached hydrogens (tertiary/aromatic N) is 3. The van der Waals surface area contributed by atoms with Crippen LogP contribution in [0.1, 0.15) is 12.3 Å². The van der Waals surface area contributed by atoms with Gasteiger partial charge in [0.05, 0.1) is 6.20 Å². The summed E-state index contributed by atoms with van der Waals surface area (Å²) in [6, 6.07) is 13.8. The number of oxazole rings is 1. The second kappa shape index (κ2) is 8.66. The molecule has 0 unspecified atom stereocenters. The van der Waals surface area contributed by atoms with Gasteiger partial charge in [-0.15, -0.1) is 0 Å². The summed E-state index contributed by atoms with van der Waals surface area (Å²) in [4.78, 5) is 20.9. The van der Waals surface area contributed by atoms with Gasteiger partial charge in [-0.2, -0.15) is 0 Å². The first-order valence-electron chi connectivity index (χ1n) is 9.57. The molecule has 0 N–H and O–H groups in total. The molecule has 1 saturated heterocycles. The van der Waals surface area contributed by atoms with E-state index in [0.29, 0.717) is 42.6 Å². The van der Waals surface area contributed by atoms with E-state index >= 15 is 0 Å². The number of rotatable bonds is 5. The molecule has 150 valence electrons. The van der Waals surface area contributed by atoms with Gasteiger partial charge in [0.15, 0.2) is 11.7 Å². The van der Waals surface area contributed by atoms with Crippen LogP contribution in [0.5, 0.6) is 0 Å². The first-order valence-corrected chi connectivity index (χ1v) is 9.95. The Morgan fingerprint density at radius 3 is 2.59 bits per heavy atom. The van der Waals surface area contributed by atoms with Crippen molar-refractivity contribution in [2.75, 3.05) is 31.1 Å². The van der Waals surface area contributed by atoms with Crippen molar-refractivity contribution in [2.24, 2.45) is 0 Å². The first kappa shape index (κ1) is 19.5. The summed E-state index contributed by atoms with van der Waals surface area (Å²) in [6.07, 6.45) is 2.39. The molecule has 1 amide bonds. The van der Waals surface area contributed by atoms with Gasteiger partial charge in [-0.05, 0) is 42.5 Å². The van der Waals surface area contributed by atoms with Crippen LogP contribution in [0.15, 0.2) is 59.1 Å². The van der Waals surface area contributed by atoms with Gasteiger partial charge in [-0.3, -0.25) is 4.79 Å². The van der Waals surface area contributed by atoms with Crippen molar-refractivity contribution in [1.82, 2.24) is 9.88 Å². The topological polar surface area (TPSA) is 49.6 Å². The van der Waals surface area contributed by atoms with Crippen molar-refractivity contribution >= 4 is 23.2 Å². The molecule has 0 spiro atoms. The molecule has 0 saturated carbocycles. The summed E-state index contributed by atoms with van der Waals surface area (Å²) in [7, 11) is 0. The van der Waals surface area contributed by atoms with Crippen molar-refractivity contribution in [2.45, 2.75) is 12.8 Å². The van der Waals surface area contributed by atoms with Crippen LogP contribution in [-0.4, -0.2) is 42.0 Å². The fourth-order valence-corrected chi connectivity index (χ4v) is 3.62. The van der Waals surface area contributed by atoms with Gasteiger partial charge < -0.3 is 14.2 Å². The fourth-order valence-electron chi connectivity index (χ4n) is 3.43. The van der Waals surface area contributed by atoms with E-state index in [1.165, 1.54) is 12.1 Å². The van der Waals surface area contributed by atoms with Gasteiger partial charge in [0.1, 0.15) is 5.82 Å². The highest BCUT2D eigenvalue weighted by Gasteiger charge is 2.21. The predicted octanol–water partition coefficient (Wildman–Crippen LogP) is 4.42. The number of carbonyl (C=O) groups is 1. The summed E-state index contributed by atoms with van der Waals surface area (Å²) >= 11 is 6.07. The van der Waals surface area contributed by atoms with Crippen LogP contribution < -0.4 is 4.90 Å². The molecule has 3 aromatic rings. The number of aromatic nitrogens is 1. The van der Waals surface area contributed by atoms with Crippen molar-refractivity contribution in [3.63, 3.8) is 0 Å². The van der Waals surface area contributed by atoms with Gasteiger partial charge in [-0.25, -0.2) is 9.37 Å². The molecule has 0 aliphatic carbocycles. The third kappa shape index (κ3) is 4.77. The van der Waals surface area contributed by atoms with E-state index in [9.17, 15) is 9.18 Å². The van der Waals surface area contributed by atoms with Crippen LogP contribution in [0, 0.1) is 5.82 Å².